The van der Waals surface area contributed by atoms with Gasteiger partial charge in [0, 0.05) is 12.7 Å². The summed E-state index contributed by atoms with van der Waals surface area (Å²) in [5.74, 6) is 0.409. The Morgan fingerprint density at radius 2 is 1.94 bits per heavy atom. The lowest BCUT2D eigenvalue weighted by molar-refractivity contribution is -0.0974. The molecule has 3 saturated heterocycles. The summed E-state index contributed by atoms with van der Waals surface area (Å²) in [6.07, 6.45) is -4.90. The van der Waals surface area contributed by atoms with Crippen LogP contribution in [0.2, 0.25) is 0 Å². The molecular weight excluding hydrogens is 739 g/mol. The lowest BCUT2D eigenvalue weighted by Crippen LogP contribution is -2.57. The highest BCUT2D eigenvalue weighted by Crippen LogP contribution is 2.59. The third-order valence-corrected chi connectivity index (χ3v) is 12.5. The molecule has 0 radical (unpaired) electrons. The van der Waals surface area contributed by atoms with E-state index in [1.165, 1.54) is 28.1 Å². The molecule has 2 aromatic heterocycles. The summed E-state index contributed by atoms with van der Waals surface area (Å²) in [6.45, 7) is -3.13. The van der Waals surface area contributed by atoms with Gasteiger partial charge in [0.15, 0.2) is 29.8 Å². The zero-order chi connectivity index (χ0) is 35.9. The summed E-state index contributed by atoms with van der Waals surface area (Å²) in [5, 5.41) is 32.5. The number of thiol groups is 1. The van der Waals surface area contributed by atoms with E-state index < -0.39 is 88.1 Å². The Bertz CT molecular complexity index is 1970. The smallest absolute Gasteiger partial charge is 0.395 e. The van der Waals surface area contributed by atoms with Crippen LogP contribution in [0, 0.1) is 11.1 Å². The molecule has 20 nitrogen and oxygen atoms in total. The molecule has 3 fully saturated rings. The van der Waals surface area contributed by atoms with E-state index in [0.29, 0.717) is 18.8 Å². The van der Waals surface area contributed by atoms with E-state index in [1.54, 1.807) is 11.1 Å². The number of phosphoric acid groups is 1. The largest absolute Gasteiger partial charge is 0.472 e. The van der Waals surface area contributed by atoms with Crippen LogP contribution in [0.3, 0.4) is 0 Å². The van der Waals surface area contributed by atoms with Crippen molar-refractivity contribution in [1.82, 2.24) is 29.3 Å². The number of hydrogen-bond acceptors (Lipinski definition) is 17. The van der Waals surface area contributed by atoms with E-state index in [4.69, 9.17) is 32.7 Å². The van der Waals surface area contributed by atoms with Crippen molar-refractivity contribution in [2.24, 2.45) is 15.9 Å². The third kappa shape index (κ3) is 6.12. The van der Waals surface area contributed by atoms with Gasteiger partial charge < -0.3 is 43.8 Å². The van der Waals surface area contributed by atoms with Crippen molar-refractivity contribution in [3.8, 4) is 0 Å². The maximum Gasteiger partial charge on any atom is 0.472 e. The van der Waals surface area contributed by atoms with Gasteiger partial charge in [-0.05, 0) is 25.3 Å². The van der Waals surface area contributed by atoms with E-state index in [9.17, 15) is 24.5 Å². The molecule has 6 aliphatic rings. The van der Waals surface area contributed by atoms with Crippen LogP contribution >= 0.6 is 26.8 Å². The average molecular weight is 776 g/mol. The van der Waals surface area contributed by atoms with Gasteiger partial charge in [-0.3, -0.25) is 33.1 Å². The van der Waals surface area contributed by atoms with Crippen molar-refractivity contribution in [1.29, 1.82) is 5.16 Å². The molecule has 8 heterocycles. The number of aliphatic hydroxyl groups is 2. The Hall–Kier alpha value is -2.59. The number of hydrogen-bond donors (Lipinski definition) is 6. The van der Waals surface area contributed by atoms with Gasteiger partial charge in [0.1, 0.15) is 48.3 Å². The maximum atomic E-state index is 16.6. The molecule has 5 N–H and O–H groups in total. The normalized spacial score (nSPS) is 42.5. The second-order valence-corrected chi connectivity index (χ2v) is 17.5. The fraction of sp³-hybridized carbons (Fsp3) is 0.667. The Kier molecular flexibility index (Phi) is 9.08. The number of amidine groups is 1. The molecule has 0 aliphatic carbocycles. The van der Waals surface area contributed by atoms with Crippen molar-refractivity contribution in [3.05, 3.63) is 34.8 Å². The molecule has 0 spiro atoms. The SMILES string of the molecule is CC12N=CNC3=NCCCC(=CN1[C@@H]1O[C@@H]4CO[P@](=N)(S)O[C@@H]5[C@H](O)[C@@H](COP(=O)(O)O[C@H]4[C@H]1F)O[C@H]5n1cnc4c(=O)n(CCO)cnc41)[C@@H]32. The minimum absolute atomic E-state index is 0.0171. The number of rotatable bonds is 4. The van der Waals surface area contributed by atoms with Crippen LogP contribution in [0.15, 0.2) is 39.2 Å². The van der Waals surface area contributed by atoms with Gasteiger partial charge in [-0.15, -0.1) is 0 Å². The first-order valence-electron chi connectivity index (χ1n) is 16.2. The molecule has 8 rings (SSSR count). The molecule has 278 valence electrons. The fourth-order valence-electron chi connectivity index (χ4n) is 7.42. The topological polar surface area (TPSA) is 250 Å². The first kappa shape index (κ1) is 35.4. The number of aliphatic imine (C=N–C) groups is 2. The highest BCUT2D eigenvalue weighted by molar-refractivity contribution is 8.45. The molecule has 51 heavy (non-hydrogen) atoms. The average Bonchev–Trinajstić information content (AvgIpc) is 3.76. The molecule has 2 unspecified atom stereocenters. The molecule has 6 aliphatic heterocycles. The zero-order valence-electron chi connectivity index (χ0n) is 26.9. The first-order valence-corrected chi connectivity index (χ1v) is 20.4. The van der Waals surface area contributed by atoms with Crippen LogP contribution in [0.5, 0.6) is 0 Å². The van der Waals surface area contributed by atoms with Crippen molar-refractivity contribution < 1.29 is 51.6 Å². The Balaban J connectivity index is 1.08. The molecule has 12 atom stereocenters. The number of ether oxygens (including phenoxy) is 2. The monoisotopic (exact) mass is 775 g/mol. The number of aliphatic hydroxyl groups excluding tert-OH is 2. The Morgan fingerprint density at radius 3 is 2.75 bits per heavy atom. The van der Waals surface area contributed by atoms with Crippen LogP contribution < -0.4 is 10.9 Å². The van der Waals surface area contributed by atoms with Crippen LogP contribution in [0.4, 0.5) is 4.39 Å². The van der Waals surface area contributed by atoms with E-state index in [1.807, 2.05) is 6.92 Å². The fourth-order valence-corrected chi connectivity index (χ4v) is 9.88. The number of halogens is 1. The molecule has 2 aromatic rings. The number of nitrogens with zero attached hydrogens (tertiary/aromatic N) is 7. The van der Waals surface area contributed by atoms with E-state index >= 15 is 4.39 Å². The van der Waals surface area contributed by atoms with E-state index in [2.05, 4.69) is 37.5 Å². The predicted octanol–water partition coefficient (Wildman–Crippen LogP) is 0.635. The summed E-state index contributed by atoms with van der Waals surface area (Å²) >= 11 is 4.33. The number of fused-ring (bicyclic) bond motifs is 4. The summed E-state index contributed by atoms with van der Waals surface area (Å²) in [5.41, 5.74) is -0.640. The molecule has 0 amide bonds. The van der Waals surface area contributed by atoms with Crippen molar-refractivity contribution >= 4 is 50.1 Å². The van der Waals surface area contributed by atoms with Crippen molar-refractivity contribution in [2.75, 3.05) is 26.4 Å². The maximum absolute atomic E-state index is 16.6. The van der Waals surface area contributed by atoms with Crippen molar-refractivity contribution in [3.63, 3.8) is 0 Å². The second kappa shape index (κ2) is 13.1. The second-order valence-electron chi connectivity index (χ2n) is 13.0. The number of alkyl halides is 1. The molecule has 0 saturated carbocycles. The summed E-state index contributed by atoms with van der Waals surface area (Å²) in [7, 11) is -5.07. The van der Waals surface area contributed by atoms with E-state index in [0.717, 1.165) is 12.0 Å². The minimum Gasteiger partial charge on any atom is -0.395 e. The number of nitrogens with one attached hydrogen (secondary N) is 2. The lowest BCUT2D eigenvalue weighted by atomic mass is 9.86. The number of aromatic nitrogens is 4. The Labute approximate surface area is 294 Å². The molecular formula is C27H36FN9O11P2S. The van der Waals surface area contributed by atoms with Gasteiger partial charge >= 0.3 is 7.82 Å². The molecule has 24 heteroatoms. The van der Waals surface area contributed by atoms with Crippen LogP contribution in [0.25, 0.3) is 11.2 Å². The standard InChI is InChI=1S/C27H36FN9O11P2S/c1-27-16-13(3-2-4-30-22(16)31-10-34-27)7-37(27)25-17(28)20-15(46-25)9-43-49(29,51)47-21-19(39)14(8-44-50(41,42)48-20)45-26(21)36-12-32-18-23(36)33-11-35(5-6-38)24(18)40/h7,10-12,14-17,19-21,25-26,38-39H,2-6,8-9H2,1H3,(H2,29,51)(H,41,42)(H,30,31,34)/t14-,15-,16+,17-,19-,20-,21-,25-,26-,27?,49+/m1/s1. The lowest BCUT2D eigenvalue weighted by Gasteiger charge is -2.42. The van der Waals surface area contributed by atoms with Gasteiger partial charge in [0.05, 0.1) is 44.9 Å². The first-order chi connectivity index (χ1) is 24.3. The van der Waals surface area contributed by atoms with Gasteiger partial charge in [-0.2, -0.15) is 0 Å². The molecule has 0 aromatic carbocycles. The van der Waals surface area contributed by atoms with Crippen LogP contribution in [0.1, 0.15) is 26.0 Å². The predicted molar refractivity (Wildman–Crippen MR) is 177 cm³/mol. The van der Waals surface area contributed by atoms with Gasteiger partial charge in [-0.25, -0.2) is 23.9 Å². The summed E-state index contributed by atoms with van der Waals surface area (Å²) < 4.78 is 66.9. The summed E-state index contributed by atoms with van der Waals surface area (Å²) in [6, 6.07) is 0. The van der Waals surface area contributed by atoms with Gasteiger partial charge in [-0.1, -0.05) is 12.2 Å². The number of imidazole rings is 1. The van der Waals surface area contributed by atoms with Gasteiger partial charge in [0.25, 0.3) is 12.3 Å². The zero-order valence-corrected chi connectivity index (χ0v) is 29.6. The van der Waals surface area contributed by atoms with E-state index in [-0.39, 0.29) is 30.2 Å². The molecule has 2 bridgehead atoms. The third-order valence-electron chi connectivity index (χ3n) is 9.82. The van der Waals surface area contributed by atoms with Crippen LogP contribution in [-0.2, 0) is 38.7 Å². The van der Waals surface area contributed by atoms with Crippen LogP contribution in [-0.4, -0.2) is 126 Å². The highest BCUT2D eigenvalue weighted by atomic mass is 32.7. The quantitative estimate of drug-likeness (QED) is 0.184. The highest BCUT2D eigenvalue weighted by Gasteiger charge is 2.60. The minimum atomic E-state index is -5.07. The number of phosphoric ester groups is 1. The summed E-state index contributed by atoms with van der Waals surface area (Å²) in [4.78, 5) is 43.0. The van der Waals surface area contributed by atoms with Crippen molar-refractivity contribution in [2.45, 2.75) is 81.1 Å². The Morgan fingerprint density at radius 1 is 1.16 bits per heavy atom. The van der Waals surface area contributed by atoms with Gasteiger partial charge in [0.2, 0.25) is 0 Å².